The van der Waals surface area contributed by atoms with Crippen LogP contribution in [-0.4, -0.2) is 18.5 Å². The highest BCUT2D eigenvalue weighted by atomic mass is 35.5. The van der Waals surface area contributed by atoms with E-state index in [9.17, 15) is 19.2 Å². The third kappa shape index (κ3) is 3.86. The van der Waals surface area contributed by atoms with Crippen LogP contribution in [0.5, 0.6) is 0 Å². The van der Waals surface area contributed by atoms with Gasteiger partial charge in [0.2, 0.25) is 0 Å². The van der Waals surface area contributed by atoms with Gasteiger partial charge in [0, 0.05) is 15.0 Å². The lowest BCUT2D eigenvalue weighted by Crippen LogP contribution is -2.20. The number of nitriles is 1. The molecule has 0 saturated heterocycles. The number of carbonyl (C=O) groups excluding carboxylic acids is 2. The molecule has 5 nitrogen and oxygen atoms in total. The molecule has 1 aliphatic carbocycles. The summed E-state index contributed by atoms with van der Waals surface area (Å²) in [7, 11) is 0. The van der Waals surface area contributed by atoms with Crippen molar-refractivity contribution < 1.29 is 18.7 Å². The molecule has 0 radical (unpaired) electrons. The second kappa shape index (κ2) is 8.11. The van der Waals surface area contributed by atoms with Crippen LogP contribution in [0.25, 0.3) is 10.1 Å². The first-order valence-electron chi connectivity index (χ1n) is 8.87. The number of esters is 1. The molecule has 0 unspecified atom stereocenters. The molecule has 148 valence electrons. The zero-order valence-electron chi connectivity index (χ0n) is 15.0. The van der Waals surface area contributed by atoms with Gasteiger partial charge >= 0.3 is 5.97 Å². The minimum atomic E-state index is -0.752. The van der Waals surface area contributed by atoms with Crippen LogP contribution in [0.4, 0.5) is 9.39 Å². The highest BCUT2D eigenvalue weighted by molar-refractivity contribution is 7.21. The molecule has 0 saturated carbocycles. The zero-order valence-corrected chi connectivity index (χ0v) is 17.4. The van der Waals surface area contributed by atoms with Crippen LogP contribution >= 0.6 is 34.3 Å². The molecule has 1 N–H and O–H groups in total. The van der Waals surface area contributed by atoms with Gasteiger partial charge in [0.25, 0.3) is 5.91 Å². The van der Waals surface area contributed by atoms with E-state index in [1.54, 1.807) is 0 Å². The Hall–Kier alpha value is -2.47. The van der Waals surface area contributed by atoms with Gasteiger partial charge in [-0.05, 0) is 49.4 Å². The Morgan fingerprint density at radius 2 is 2.07 bits per heavy atom. The third-order valence-corrected chi connectivity index (χ3v) is 7.49. The van der Waals surface area contributed by atoms with Gasteiger partial charge in [0.15, 0.2) is 6.61 Å². The topological polar surface area (TPSA) is 79.2 Å². The van der Waals surface area contributed by atoms with E-state index in [0.29, 0.717) is 20.7 Å². The standard InChI is InChI=1S/C20H14ClFN2O3S2/c21-17-12-6-5-10(22)7-15(12)28-18(17)20(26)27-9-16(25)24-19-13(8-23)11-3-1-2-4-14(11)29-19/h5-7H,1-4,9H2,(H,24,25). The van der Waals surface area contributed by atoms with Crippen molar-refractivity contribution in [2.24, 2.45) is 0 Å². The Balaban J connectivity index is 1.44. The van der Waals surface area contributed by atoms with Crippen molar-refractivity contribution in [3.05, 3.63) is 49.9 Å². The summed E-state index contributed by atoms with van der Waals surface area (Å²) in [5.41, 5.74) is 1.51. The molecule has 29 heavy (non-hydrogen) atoms. The number of ether oxygens (including phenoxy) is 1. The zero-order chi connectivity index (χ0) is 20.5. The van der Waals surface area contributed by atoms with Crippen LogP contribution in [0.3, 0.4) is 0 Å². The lowest BCUT2D eigenvalue weighted by molar-refractivity contribution is -0.119. The molecule has 0 spiro atoms. The minimum Gasteiger partial charge on any atom is -0.451 e. The Morgan fingerprint density at radius 1 is 1.28 bits per heavy atom. The number of halogens is 2. The first-order chi connectivity index (χ1) is 14.0. The minimum absolute atomic E-state index is 0.115. The molecule has 4 rings (SSSR count). The van der Waals surface area contributed by atoms with E-state index in [-0.39, 0.29) is 9.90 Å². The second-order valence-corrected chi connectivity index (χ2v) is 9.07. The number of hydrogen-bond donors (Lipinski definition) is 1. The molecule has 3 aromatic rings. The number of benzene rings is 1. The van der Waals surface area contributed by atoms with Crippen LogP contribution in [0.1, 0.15) is 38.5 Å². The number of rotatable bonds is 4. The summed E-state index contributed by atoms with van der Waals surface area (Å²) in [6, 6.07) is 6.21. The summed E-state index contributed by atoms with van der Waals surface area (Å²) >= 11 is 8.61. The largest absolute Gasteiger partial charge is 0.451 e. The van der Waals surface area contributed by atoms with Crippen molar-refractivity contribution in [2.75, 3.05) is 11.9 Å². The molecule has 0 bridgehead atoms. The van der Waals surface area contributed by atoms with Gasteiger partial charge in [-0.15, -0.1) is 22.7 Å². The van der Waals surface area contributed by atoms with Gasteiger partial charge in [0.05, 0.1) is 10.6 Å². The fourth-order valence-electron chi connectivity index (χ4n) is 3.30. The molecule has 2 heterocycles. The van der Waals surface area contributed by atoms with Gasteiger partial charge in [-0.1, -0.05) is 11.6 Å². The number of hydrogen-bond acceptors (Lipinski definition) is 6. The Morgan fingerprint density at radius 3 is 2.86 bits per heavy atom. The SMILES string of the molecule is N#Cc1c(NC(=O)COC(=O)c2sc3cc(F)ccc3c2Cl)sc2c1CCCC2. The Kier molecular flexibility index (Phi) is 5.54. The maximum Gasteiger partial charge on any atom is 0.350 e. The number of nitrogens with zero attached hydrogens (tertiary/aromatic N) is 1. The summed E-state index contributed by atoms with van der Waals surface area (Å²) in [5, 5.41) is 13.3. The maximum atomic E-state index is 13.4. The number of aryl methyl sites for hydroxylation is 1. The summed E-state index contributed by atoms with van der Waals surface area (Å²) in [5.74, 6) is -1.71. The second-order valence-electron chi connectivity index (χ2n) is 6.54. The van der Waals surface area contributed by atoms with Gasteiger partial charge in [0.1, 0.15) is 21.8 Å². The molecule has 0 fully saturated rings. The molecule has 0 atom stereocenters. The van der Waals surface area contributed by atoms with Crippen LogP contribution in [0, 0.1) is 17.1 Å². The van der Waals surface area contributed by atoms with Crippen molar-refractivity contribution in [1.29, 1.82) is 5.26 Å². The number of thiophene rings is 2. The van der Waals surface area contributed by atoms with Crippen molar-refractivity contribution >= 4 is 61.2 Å². The average Bonchev–Trinajstić information content (AvgIpc) is 3.22. The van der Waals surface area contributed by atoms with Gasteiger partial charge in [-0.25, -0.2) is 9.18 Å². The van der Waals surface area contributed by atoms with Gasteiger partial charge < -0.3 is 10.1 Å². The molecular weight excluding hydrogens is 435 g/mol. The average molecular weight is 449 g/mol. The number of amides is 1. The Labute approximate surface area is 178 Å². The summed E-state index contributed by atoms with van der Waals surface area (Å²) in [6.07, 6.45) is 3.85. The summed E-state index contributed by atoms with van der Waals surface area (Å²) in [4.78, 5) is 25.8. The molecule has 0 aliphatic heterocycles. The highest BCUT2D eigenvalue weighted by Crippen LogP contribution is 2.38. The van der Waals surface area contributed by atoms with E-state index in [2.05, 4.69) is 11.4 Å². The van der Waals surface area contributed by atoms with Crippen LogP contribution in [0.2, 0.25) is 5.02 Å². The van der Waals surface area contributed by atoms with Crippen LogP contribution < -0.4 is 5.32 Å². The lowest BCUT2D eigenvalue weighted by atomic mass is 9.96. The predicted molar refractivity (Wildman–Crippen MR) is 111 cm³/mol. The smallest absolute Gasteiger partial charge is 0.350 e. The summed E-state index contributed by atoms with van der Waals surface area (Å²) in [6.45, 7) is -0.509. The molecule has 9 heteroatoms. The Bertz CT molecular complexity index is 1180. The molecule has 2 aromatic heterocycles. The number of carbonyl (C=O) groups is 2. The fourth-order valence-corrected chi connectivity index (χ4v) is 5.98. The van der Waals surface area contributed by atoms with E-state index in [0.717, 1.165) is 47.5 Å². The van der Waals surface area contributed by atoms with E-state index >= 15 is 0 Å². The van der Waals surface area contributed by atoms with E-state index in [1.165, 1.54) is 29.5 Å². The molecule has 1 aliphatic rings. The fraction of sp³-hybridized carbons (Fsp3) is 0.250. The van der Waals surface area contributed by atoms with Gasteiger partial charge in [-0.2, -0.15) is 5.26 Å². The van der Waals surface area contributed by atoms with Crippen molar-refractivity contribution in [1.82, 2.24) is 0 Å². The number of nitrogens with one attached hydrogen (secondary N) is 1. The van der Waals surface area contributed by atoms with E-state index in [4.69, 9.17) is 16.3 Å². The van der Waals surface area contributed by atoms with E-state index in [1.807, 2.05) is 0 Å². The number of fused-ring (bicyclic) bond motifs is 2. The van der Waals surface area contributed by atoms with Crippen molar-refractivity contribution in [3.8, 4) is 6.07 Å². The highest BCUT2D eigenvalue weighted by Gasteiger charge is 2.23. The third-order valence-electron chi connectivity index (χ3n) is 4.65. The monoisotopic (exact) mass is 448 g/mol. The lowest BCUT2D eigenvalue weighted by Gasteiger charge is -2.09. The first-order valence-corrected chi connectivity index (χ1v) is 10.9. The number of anilines is 1. The quantitative estimate of drug-likeness (QED) is 0.549. The van der Waals surface area contributed by atoms with Crippen molar-refractivity contribution in [2.45, 2.75) is 25.7 Å². The predicted octanol–water partition coefficient (Wildman–Crippen LogP) is 5.30. The van der Waals surface area contributed by atoms with Crippen molar-refractivity contribution in [3.63, 3.8) is 0 Å². The normalized spacial score (nSPS) is 13.0. The van der Waals surface area contributed by atoms with E-state index < -0.39 is 24.3 Å². The first kappa shape index (κ1) is 19.8. The van der Waals surface area contributed by atoms with Crippen LogP contribution in [-0.2, 0) is 22.4 Å². The maximum absolute atomic E-state index is 13.4. The molecule has 1 aromatic carbocycles. The van der Waals surface area contributed by atoms with Gasteiger partial charge in [-0.3, -0.25) is 4.79 Å². The summed E-state index contributed by atoms with van der Waals surface area (Å²) < 4.78 is 19.0. The molecule has 1 amide bonds. The van der Waals surface area contributed by atoms with Crippen LogP contribution in [0.15, 0.2) is 18.2 Å². The molecular formula is C20H14ClFN2O3S2.